The van der Waals surface area contributed by atoms with Crippen LogP contribution < -0.4 is 5.32 Å². The fourth-order valence-corrected chi connectivity index (χ4v) is 1.92. The number of carbonyl (C=O) groups excluding carboxylic acids is 1. The summed E-state index contributed by atoms with van der Waals surface area (Å²) in [5.41, 5.74) is -0.534. The number of likely N-dealkylation sites (N-methyl/N-ethyl adjacent to an activating group) is 1. The molecule has 4 heteroatoms. The predicted molar refractivity (Wildman–Crippen MR) is 53.1 cm³/mol. The highest BCUT2D eigenvalue weighted by Gasteiger charge is 2.42. The molecule has 0 saturated carbocycles. The number of esters is 1. The first-order valence-corrected chi connectivity index (χ1v) is 5.07. The van der Waals surface area contributed by atoms with E-state index in [2.05, 4.69) is 12.2 Å². The molecule has 0 radical (unpaired) electrons. The minimum atomic E-state index is -0.534. The zero-order valence-electron chi connectivity index (χ0n) is 9.13. The Morgan fingerprint density at radius 3 is 2.93 bits per heavy atom. The van der Waals surface area contributed by atoms with Crippen molar-refractivity contribution >= 4 is 5.97 Å². The van der Waals surface area contributed by atoms with Gasteiger partial charge in [-0.3, -0.25) is 4.79 Å². The minimum Gasteiger partial charge on any atom is -0.468 e. The molecular weight excluding hydrogens is 182 g/mol. The summed E-state index contributed by atoms with van der Waals surface area (Å²) < 4.78 is 10.4. The predicted octanol–water partition coefficient (Wildman–Crippen LogP) is 0.707. The standard InChI is InChI=1S/C10H19NO3/c1-4-8-7-10(11-2,5-6-14-8)9(12)13-3/h8,11H,4-7H2,1-3H3. The molecule has 1 aliphatic heterocycles. The number of carbonyl (C=O) groups is 1. The van der Waals surface area contributed by atoms with E-state index in [1.165, 1.54) is 7.11 Å². The van der Waals surface area contributed by atoms with Crippen LogP contribution in [0.15, 0.2) is 0 Å². The summed E-state index contributed by atoms with van der Waals surface area (Å²) >= 11 is 0. The number of hydrogen-bond donors (Lipinski definition) is 1. The Balaban J connectivity index is 2.72. The molecule has 14 heavy (non-hydrogen) atoms. The third-order valence-corrected chi connectivity index (χ3v) is 2.97. The Labute approximate surface area is 85.0 Å². The molecule has 82 valence electrons. The van der Waals surface area contributed by atoms with Crippen LogP contribution in [0.2, 0.25) is 0 Å². The SMILES string of the molecule is CCC1CC(NC)(C(=O)OC)CCO1. The fraction of sp³-hybridized carbons (Fsp3) is 0.900. The Bertz CT molecular complexity index is 208. The van der Waals surface area contributed by atoms with Crippen molar-refractivity contribution in [2.45, 2.75) is 37.8 Å². The van der Waals surface area contributed by atoms with E-state index in [9.17, 15) is 4.79 Å². The molecule has 0 aliphatic carbocycles. The lowest BCUT2D eigenvalue weighted by Crippen LogP contribution is -2.56. The number of rotatable bonds is 3. The van der Waals surface area contributed by atoms with Gasteiger partial charge in [0, 0.05) is 13.0 Å². The van der Waals surface area contributed by atoms with Gasteiger partial charge in [0.05, 0.1) is 13.2 Å². The lowest BCUT2D eigenvalue weighted by atomic mass is 9.86. The van der Waals surface area contributed by atoms with E-state index in [0.717, 1.165) is 6.42 Å². The third-order valence-electron chi connectivity index (χ3n) is 2.97. The molecule has 0 spiro atoms. The summed E-state index contributed by atoms with van der Waals surface area (Å²) in [6, 6.07) is 0. The molecule has 2 atom stereocenters. The zero-order chi connectivity index (χ0) is 10.6. The first kappa shape index (κ1) is 11.5. The molecule has 0 aromatic carbocycles. The van der Waals surface area contributed by atoms with Crippen LogP contribution in [-0.2, 0) is 14.3 Å². The van der Waals surface area contributed by atoms with Crippen molar-refractivity contribution in [2.75, 3.05) is 20.8 Å². The van der Waals surface area contributed by atoms with Crippen molar-refractivity contribution in [3.8, 4) is 0 Å². The average molecular weight is 201 g/mol. The van der Waals surface area contributed by atoms with Crippen LogP contribution in [0.25, 0.3) is 0 Å². The second-order valence-corrected chi connectivity index (χ2v) is 3.68. The van der Waals surface area contributed by atoms with Gasteiger partial charge in [0.15, 0.2) is 0 Å². The molecule has 1 heterocycles. The van der Waals surface area contributed by atoms with Crippen molar-refractivity contribution < 1.29 is 14.3 Å². The second-order valence-electron chi connectivity index (χ2n) is 3.68. The van der Waals surface area contributed by atoms with Crippen molar-refractivity contribution in [3.05, 3.63) is 0 Å². The van der Waals surface area contributed by atoms with E-state index < -0.39 is 5.54 Å². The summed E-state index contributed by atoms with van der Waals surface area (Å²) in [5.74, 6) is -0.179. The fourth-order valence-electron chi connectivity index (χ4n) is 1.92. The van der Waals surface area contributed by atoms with Crippen LogP contribution in [0.5, 0.6) is 0 Å². The lowest BCUT2D eigenvalue weighted by molar-refractivity contribution is -0.155. The largest absolute Gasteiger partial charge is 0.468 e. The zero-order valence-corrected chi connectivity index (χ0v) is 9.13. The van der Waals surface area contributed by atoms with E-state index in [0.29, 0.717) is 19.4 Å². The maximum Gasteiger partial charge on any atom is 0.326 e. The summed E-state index contributed by atoms with van der Waals surface area (Å²) in [6.07, 6.45) is 2.48. The summed E-state index contributed by atoms with van der Waals surface area (Å²) in [5, 5.41) is 3.08. The van der Waals surface area contributed by atoms with E-state index in [-0.39, 0.29) is 12.1 Å². The maximum atomic E-state index is 11.6. The van der Waals surface area contributed by atoms with E-state index in [4.69, 9.17) is 9.47 Å². The smallest absolute Gasteiger partial charge is 0.326 e. The highest BCUT2D eigenvalue weighted by molar-refractivity contribution is 5.80. The van der Waals surface area contributed by atoms with Crippen LogP contribution in [0.3, 0.4) is 0 Å². The van der Waals surface area contributed by atoms with E-state index in [1.54, 1.807) is 7.05 Å². The molecular formula is C10H19NO3. The second kappa shape index (κ2) is 4.75. The molecule has 1 fully saturated rings. The van der Waals surface area contributed by atoms with Gasteiger partial charge in [-0.15, -0.1) is 0 Å². The van der Waals surface area contributed by atoms with Crippen molar-refractivity contribution in [1.82, 2.24) is 5.32 Å². The monoisotopic (exact) mass is 201 g/mol. The van der Waals surface area contributed by atoms with Gasteiger partial charge >= 0.3 is 5.97 Å². The van der Waals surface area contributed by atoms with E-state index >= 15 is 0 Å². The van der Waals surface area contributed by atoms with E-state index in [1.807, 2.05) is 0 Å². The third kappa shape index (κ3) is 2.07. The molecule has 0 bridgehead atoms. The van der Waals surface area contributed by atoms with Gasteiger partial charge in [-0.2, -0.15) is 0 Å². The normalized spacial score (nSPS) is 32.6. The average Bonchev–Trinajstić information content (AvgIpc) is 2.27. The Kier molecular flexibility index (Phi) is 3.89. The molecule has 0 aromatic rings. The van der Waals surface area contributed by atoms with Crippen LogP contribution >= 0.6 is 0 Å². The van der Waals surface area contributed by atoms with Gasteiger partial charge in [-0.05, 0) is 19.9 Å². The minimum absolute atomic E-state index is 0.162. The molecule has 1 saturated heterocycles. The van der Waals surface area contributed by atoms with Gasteiger partial charge < -0.3 is 14.8 Å². The quantitative estimate of drug-likeness (QED) is 0.683. The van der Waals surface area contributed by atoms with Gasteiger partial charge in [-0.25, -0.2) is 0 Å². The molecule has 1 rings (SSSR count). The van der Waals surface area contributed by atoms with Gasteiger partial charge in [0.2, 0.25) is 0 Å². The maximum absolute atomic E-state index is 11.6. The molecule has 1 N–H and O–H groups in total. The number of methoxy groups -OCH3 is 1. The van der Waals surface area contributed by atoms with Crippen LogP contribution in [-0.4, -0.2) is 38.4 Å². The Morgan fingerprint density at radius 2 is 2.43 bits per heavy atom. The Morgan fingerprint density at radius 1 is 1.71 bits per heavy atom. The van der Waals surface area contributed by atoms with Gasteiger partial charge in [0.25, 0.3) is 0 Å². The molecule has 2 unspecified atom stereocenters. The summed E-state index contributed by atoms with van der Waals surface area (Å²) in [7, 11) is 3.23. The van der Waals surface area contributed by atoms with Crippen LogP contribution in [0.4, 0.5) is 0 Å². The van der Waals surface area contributed by atoms with Crippen molar-refractivity contribution in [1.29, 1.82) is 0 Å². The van der Waals surface area contributed by atoms with Gasteiger partial charge in [0.1, 0.15) is 5.54 Å². The topological polar surface area (TPSA) is 47.6 Å². The highest BCUT2D eigenvalue weighted by Crippen LogP contribution is 2.27. The number of hydrogen-bond acceptors (Lipinski definition) is 4. The molecule has 4 nitrogen and oxygen atoms in total. The summed E-state index contributed by atoms with van der Waals surface area (Å²) in [4.78, 5) is 11.6. The lowest BCUT2D eigenvalue weighted by Gasteiger charge is -2.38. The first-order chi connectivity index (χ1) is 6.68. The molecule has 0 aromatic heterocycles. The van der Waals surface area contributed by atoms with Crippen LogP contribution in [0.1, 0.15) is 26.2 Å². The highest BCUT2D eigenvalue weighted by atomic mass is 16.5. The molecule has 1 aliphatic rings. The first-order valence-electron chi connectivity index (χ1n) is 5.07. The Hall–Kier alpha value is -0.610. The van der Waals surface area contributed by atoms with Crippen LogP contribution in [0, 0.1) is 0 Å². The van der Waals surface area contributed by atoms with Crippen molar-refractivity contribution in [2.24, 2.45) is 0 Å². The summed E-state index contributed by atoms with van der Waals surface area (Å²) in [6.45, 7) is 2.68. The molecule has 0 amide bonds. The number of nitrogens with one attached hydrogen (secondary N) is 1. The van der Waals surface area contributed by atoms with Crippen molar-refractivity contribution in [3.63, 3.8) is 0 Å². The number of ether oxygens (including phenoxy) is 2. The van der Waals surface area contributed by atoms with Gasteiger partial charge in [-0.1, -0.05) is 6.92 Å².